The molecule has 202 valence electrons. The van der Waals surface area contributed by atoms with Crippen molar-refractivity contribution in [2.45, 2.75) is 9.79 Å². The summed E-state index contributed by atoms with van der Waals surface area (Å²) in [6, 6.07) is 14.0. The Morgan fingerprint density at radius 3 is 2.11 bits per heavy atom. The smallest absolute Gasteiger partial charge is 0.261 e. The quantitative estimate of drug-likeness (QED) is 0.377. The van der Waals surface area contributed by atoms with Crippen LogP contribution in [-0.4, -0.2) is 59.4 Å². The van der Waals surface area contributed by atoms with Crippen LogP contribution in [0.1, 0.15) is 10.4 Å². The van der Waals surface area contributed by atoms with E-state index in [9.17, 15) is 21.6 Å². The predicted octanol–water partition coefficient (Wildman–Crippen LogP) is 4.11. The van der Waals surface area contributed by atoms with Gasteiger partial charge in [0.2, 0.25) is 10.0 Å². The topological polar surface area (TPSA) is 131 Å². The number of methoxy groups -OCH3 is 2. The van der Waals surface area contributed by atoms with E-state index in [2.05, 4.69) is 10.0 Å². The van der Waals surface area contributed by atoms with E-state index in [1.165, 1.54) is 91.0 Å². The highest BCUT2D eigenvalue weighted by atomic mass is 35.5. The predicted molar refractivity (Wildman–Crippen MR) is 147 cm³/mol. The monoisotopic (exact) mass is 597 g/mol. The van der Waals surface area contributed by atoms with Crippen LogP contribution < -0.4 is 19.5 Å². The number of ether oxygens (including phenoxy) is 2. The van der Waals surface area contributed by atoms with Crippen LogP contribution in [0.25, 0.3) is 0 Å². The van der Waals surface area contributed by atoms with Crippen LogP contribution in [-0.2, 0) is 20.0 Å². The lowest BCUT2D eigenvalue weighted by Gasteiger charge is -2.17. The van der Waals surface area contributed by atoms with Gasteiger partial charge in [-0.1, -0.05) is 11.6 Å². The van der Waals surface area contributed by atoms with E-state index in [0.717, 1.165) is 5.75 Å². The Morgan fingerprint density at radius 2 is 1.53 bits per heavy atom. The molecular formula is C24H24ClN3O7S3. The zero-order valence-electron chi connectivity index (χ0n) is 20.3. The number of anilines is 2. The van der Waals surface area contributed by atoms with E-state index in [-0.39, 0.29) is 32.5 Å². The Kier molecular flexibility index (Phi) is 8.43. The minimum atomic E-state index is -4.09. The van der Waals surface area contributed by atoms with Gasteiger partial charge in [0.05, 0.1) is 41.1 Å². The average molecular weight is 598 g/mol. The molecule has 0 unspecified atom stereocenters. The summed E-state index contributed by atoms with van der Waals surface area (Å²) in [7, 11) is -4.95. The van der Waals surface area contributed by atoms with E-state index in [1.807, 2.05) is 0 Å². The average Bonchev–Trinajstić information content (AvgIpc) is 3.45. The van der Waals surface area contributed by atoms with Gasteiger partial charge in [-0.3, -0.25) is 9.52 Å². The summed E-state index contributed by atoms with van der Waals surface area (Å²) in [5, 5.41) is 3.04. The molecule has 14 heteroatoms. The van der Waals surface area contributed by atoms with Crippen LogP contribution in [0.4, 0.5) is 11.4 Å². The van der Waals surface area contributed by atoms with Crippen molar-refractivity contribution in [3.8, 4) is 11.5 Å². The molecule has 2 N–H and O–H groups in total. The number of carbonyl (C=O) groups is 1. The van der Waals surface area contributed by atoms with Crippen LogP contribution in [0.3, 0.4) is 0 Å². The number of rotatable bonds is 9. The summed E-state index contributed by atoms with van der Waals surface area (Å²) >= 11 is 7.41. The molecule has 0 atom stereocenters. The van der Waals surface area contributed by atoms with Crippen molar-refractivity contribution in [2.75, 3.05) is 42.4 Å². The van der Waals surface area contributed by atoms with E-state index >= 15 is 0 Å². The summed E-state index contributed by atoms with van der Waals surface area (Å²) in [6.45, 7) is 0.444. The Morgan fingerprint density at radius 1 is 0.921 bits per heavy atom. The second-order valence-corrected chi connectivity index (χ2v) is 13.1. The van der Waals surface area contributed by atoms with Crippen molar-refractivity contribution in [1.82, 2.24) is 4.31 Å². The summed E-state index contributed by atoms with van der Waals surface area (Å²) in [5.41, 5.74) is 0.206. The number of halogens is 1. The molecule has 4 rings (SSSR count). The first-order valence-corrected chi connectivity index (χ1v) is 15.5. The number of amides is 1. The van der Waals surface area contributed by atoms with Crippen LogP contribution in [0.5, 0.6) is 11.5 Å². The zero-order valence-corrected chi connectivity index (χ0v) is 23.5. The normalized spacial score (nSPS) is 14.2. The number of nitrogens with zero attached hydrogens (tertiary/aromatic N) is 1. The molecule has 1 amide bonds. The van der Waals surface area contributed by atoms with Crippen molar-refractivity contribution < 1.29 is 31.1 Å². The molecule has 0 saturated carbocycles. The van der Waals surface area contributed by atoms with E-state index < -0.39 is 26.0 Å². The van der Waals surface area contributed by atoms with Gasteiger partial charge in [0.1, 0.15) is 0 Å². The minimum Gasteiger partial charge on any atom is -0.493 e. The summed E-state index contributed by atoms with van der Waals surface area (Å²) in [4.78, 5) is 13.3. The van der Waals surface area contributed by atoms with Crippen LogP contribution >= 0.6 is 23.4 Å². The Balaban J connectivity index is 1.63. The third-order valence-corrected chi connectivity index (χ3v) is 10.2. The molecule has 3 aromatic carbocycles. The maximum Gasteiger partial charge on any atom is 0.261 e. The van der Waals surface area contributed by atoms with Crippen molar-refractivity contribution in [1.29, 1.82) is 0 Å². The van der Waals surface area contributed by atoms with E-state index in [0.29, 0.717) is 23.1 Å². The molecule has 38 heavy (non-hydrogen) atoms. The van der Waals surface area contributed by atoms with Gasteiger partial charge < -0.3 is 14.8 Å². The van der Waals surface area contributed by atoms with Crippen molar-refractivity contribution in [3.63, 3.8) is 0 Å². The van der Waals surface area contributed by atoms with Crippen LogP contribution in [0, 0.1) is 0 Å². The molecule has 1 aliphatic rings. The van der Waals surface area contributed by atoms with Crippen molar-refractivity contribution in [2.24, 2.45) is 0 Å². The molecule has 1 saturated heterocycles. The lowest BCUT2D eigenvalue weighted by molar-refractivity contribution is 0.102. The Hall–Kier alpha value is -2.97. The number of carbonyl (C=O) groups excluding carboxylic acids is 1. The van der Waals surface area contributed by atoms with Crippen molar-refractivity contribution >= 4 is 60.7 Å². The largest absolute Gasteiger partial charge is 0.493 e. The van der Waals surface area contributed by atoms with Gasteiger partial charge >= 0.3 is 0 Å². The second kappa shape index (κ2) is 11.4. The van der Waals surface area contributed by atoms with Gasteiger partial charge in [-0.25, -0.2) is 16.8 Å². The fourth-order valence-corrected chi connectivity index (χ4v) is 7.63. The SMILES string of the molecule is COc1cc(NS(=O)(=O)c2ccc(Cl)cc2)c(C(=O)Nc2ccc(S(=O)(=O)N3CCSC3)cc2)cc1OC. The number of thioether (sulfide) groups is 1. The number of hydrogen-bond donors (Lipinski definition) is 2. The molecule has 10 nitrogen and oxygen atoms in total. The number of hydrogen-bond acceptors (Lipinski definition) is 8. The van der Waals surface area contributed by atoms with Crippen LogP contribution in [0.15, 0.2) is 70.5 Å². The van der Waals surface area contributed by atoms with Gasteiger partial charge in [-0.15, -0.1) is 11.8 Å². The summed E-state index contributed by atoms with van der Waals surface area (Å²) in [5.74, 6) is 0.883. The molecule has 0 radical (unpaired) electrons. The maximum absolute atomic E-state index is 13.3. The molecule has 0 bridgehead atoms. The van der Waals surface area contributed by atoms with Crippen LogP contribution in [0.2, 0.25) is 5.02 Å². The first kappa shape index (κ1) is 28.0. The second-order valence-electron chi connectivity index (χ2n) is 8.01. The summed E-state index contributed by atoms with van der Waals surface area (Å²) in [6.07, 6.45) is 0. The third-order valence-electron chi connectivity index (χ3n) is 5.61. The fraction of sp³-hybridized carbons (Fsp3) is 0.208. The molecule has 0 spiro atoms. The van der Waals surface area contributed by atoms with E-state index in [1.54, 1.807) is 0 Å². The highest BCUT2D eigenvalue weighted by Gasteiger charge is 2.28. The van der Waals surface area contributed by atoms with Crippen molar-refractivity contribution in [3.05, 3.63) is 71.2 Å². The molecule has 1 heterocycles. The zero-order chi connectivity index (χ0) is 27.5. The Labute approximate surface area is 230 Å². The highest BCUT2D eigenvalue weighted by molar-refractivity contribution is 8.00. The molecule has 1 fully saturated rings. The third kappa shape index (κ3) is 6.02. The Bertz CT molecular complexity index is 1540. The lowest BCUT2D eigenvalue weighted by atomic mass is 10.1. The minimum absolute atomic E-state index is 0.0500. The summed E-state index contributed by atoms with van der Waals surface area (Å²) < 4.78 is 66.0. The molecular weight excluding hydrogens is 574 g/mol. The fourth-order valence-electron chi connectivity index (χ4n) is 3.61. The molecule has 0 aliphatic carbocycles. The molecule has 0 aromatic heterocycles. The van der Waals surface area contributed by atoms with E-state index in [4.69, 9.17) is 21.1 Å². The number of benzene rings is 3. The standard InChI is InChI=1S/C24H24ClN3O7S3/c1-34-22-13-20(21(14-23(22)35-2)27-37(30,31)18-7-3-16(25)4-8-18)24(29)26-17-5-9-19(10-6-17)38(32,33)28-11-12-36-15-28/h3-10,13-14,27H,11-12,15H2,1-2H3,(H,26,29). The first-order valence-electron chi connectivity index (χ1n) is 11.1. The van der Waals surface area contributed by atoms with Gasteiger partial charge in [-0.05, 0) is 54.6 Å². The first-order chi connectivity index (χ1) is 18.0. The van der Waals surface area contributed by atoms with Gasteiger partial charge in [0, 0.05) is 29.1 Å². The molecule has 3 aromatic rings. The lowest BCUT2D eigenvalue weighted by Crippen LogP contribution is -2.28. The molecule has 1 aliphatic heterocycles. The van der Waals surface area contributed by atoms with Gasteiger partial charge in [0.15, 0.2) is 11.5 Å². The van der Waals surface area contributed by atoms with Gasteiger partial charge in [-0.2, -0.15) is 4.31 Å². The highest BCUT2D eigenvalue weighted by Crippen LogP contribution is 2.35. The number of nitrogens with one attached hydrogen (secondary N) is 2. The van der Waals surface area contributed by atoms with Gasteiger partial charge in [0.25, 0.3) is 15.9 Å². The maximum atomic E-state index is 13.3. The number of sulfonamides is 2.